The van der Waals surface area contributed by atoms with Gasteiger partial charge in [0.2, 0.25) is 5.16 Å². The van der Waals surface area contributed by atoms with E-state index in [0.717, 1.165) is 15.1 Å². The van der Waals surface area contributed by atoms with Crippen LogP contribution in [0.5, 0.6) is 0 Å². The van der Waals surface area contributed by atoms with Crippen LogP contribution in [0.15, 0.2) is 40.4 Å². The predicted molar refractivity (Wildman–Crippen MR) is 127 cm³/mol. The largest absolute Gasteiger partial charge is 0.465 e. The molecule has 0 atom stereocenters. The van der Waals surface area contributed by atoms with Crippen LogP contribution in [0.1, 0.15) is 6.42 Å². The molecule has 0 aliphatic heterocycles. The quantitative estimate of drug-likeness (QED) is 0.302. The van der Waals surface area contributed by atoms with Crippen molar-refractivity contribution in [3.63, 3.8) is 0 Å². The van der Waals surface area contributed by atoms with Gasteiger partial charge in [0.15, 0.2) is 10.8 Å². The van der Waals surface area contributed by atoms with Crippen LogP contribution in [0.4, 0.5) is 15.7 Å². The lowest BCUT2D eigenvalue weighted by molar-refractivity contribution is 0.189. The zero-order valence-corrected chi connectivity index (χ0v) is 19.7. The van der Waals surface area contributed by atoms with Crippen molar-refractivity contribution in [3.05, 3.63) is 30.3 Å². The lowest BCUT2D eigenvalue weighted by Gasteiger charge is -2.15. The summed E-state index contributed by atoms with van der Waals surface area (Å²) in [4.78, 5) is 18.4. The maximum Gasteiger partial charge on any atom is 0.413 e. The lowest BCUT2D eigenvalue weighted by atomic mass is 10.3. The summed E-state index contributed by atoms with van der Waals surface area (Å²) in [5.41, 5.74) is 1.38. The van der Waals surface area contributed by atoms with E-state index in [1.54, 1.807) is 18.7 Å². The summed E-state index contributed by atoms with van der Waals surface area (Å²) in [7, 11) is 3.24. The number of ether oxygens (including phenoxy) is 2. The summed E-state index contributed by atoms with van der Waals surface area (Å²) >= 11 is 2.76. The van der Waals surface area contributed by atoms with E-state index < -0.39 is 6.09 Å². The summed E-state index contributed by atoms with van der Waals surface area (Å²) in [5.74, 6) is 0.700. The second-order valence-corrected chi connectivity index (χ2v) is 8.95. The number of amides is 1. The van der Waals surface area contributed by atoms with Crippen LogP contribution in [0.2, 0.25) is 0 Å². The molecule has 33 heavy (non-hydrogen) atoms. The van der Waals surface area contributed by atoms with Crippen molar-refractivity contribution in [1.29, 1.82) is 0 Å². The molecule has 0 unspecified atom stereocenters. The van der Waals surface area contributed by atoms with Crippen molar-refractivity contribution in [2.45, 2.75) is 16.5 Å². The number of carbonyl (C=O) groups is 1. The third kappa shape index (κ3) is 5.50. The standard InChI is InChI=1S/C20H23N7O4S2/c1-30-10-3-9-26(20(28)29)18-22-14-5-4-13(12-15(14)33-18)32-19-24-23-17-7-6-16(25-27(17)19)21-8-11-31-2/h4-7,12H,3,8-11H2,1-2H3,(H,21,25)(H,28,29). The van der Waals surface area contributed by atoms with Gasteiger partial charge in [-0.25, -0.2) is 9.78 Å². The van der Waals surface area contributed by atoms with Gasteiger partial charge in [0.1, 0.15) is 5.82 Å². The Balaban J connectivity index is 1.55. The number of hydrogen-bond donors (Lipinski definition) is 2. The first kappa shape index (κ1) is 23.2. The zero-order chi connectivity index (χ0) is 23.2. The van der Waals surface area contributed by atoms with Crippen LogP contribution in [-0.4, -0.2) is 76.5 Å². The molecule has 11 nitrogen and oxygen atoms in total. The Morgan fingerprint density at radius 2 is 2.06 bits per heavy atom. The molecule has 174 valence electrons. The van der Waals surface area contributed by atoms with Crippen molar-refractivity contribution in [1.82, 2.24) is 24.8 Å². The first-order chi connectivity index (χ1) is 16.1. The summed E-state index contributed by atoms with van der Waals surface area (Å²) < 4.78 is 12.7. The molecule has 0 radical (unpaired) electrons. The van der Waals surface area contributed by atoms with Gasteiger partial charge in [-0.15, -0.1) is 15.3 Å². The topological polar surface area (TPSA) is 127 Å². The Bertz CT molecular complexity index is 1250. The number of benzene rings is 1. The molecule has 1 amide bonds. The van der Waals surface area contributed by atoms with Gasteiger partial charge in [0, 0.05) is 38.8 Å². The van der Waals surface area contributed by atoms with E-state index in [2.05, 4.69) is 25.6 Å². The number of anilines is 2. The molecular formula is C20H23N7O4S2. The van der Waals surface area contributed by atoms with Crippen LogP contribution >= 0.6 is 23.1 Å². The Morgan fingerprint density at radius 3 is 2.85 bits per heavy atom. The van der Waals surface area contributed by atoms with Gasteiger partial charge in [-0.3, -0.25) is 4.90 Å². The zero-order valence-electron chi connectivity index (χ0n) is 18.1. The number of fused-ring (bicyclic) bond motifs is 2. The van der Waals surface area contributed by atoms with Crippen LogP contribution in [0.3, 0.4) is 0 Å². The van der Waals surface area contributed by atoms with Gasteiger partial charge in [-0.05, 0) is 48.5 Å². The first-order valence-electron chi connectivity index (χ1n) is 10.1. The maximum absolute atomic E-state index is 11.7. The molecule has 4 rings (SSSR count). The van der Waals surface area contributed by atoms with Crippen molar-refractivity contribution >= 4 is 56.0 Å². The minimum atomic E-state index is -1.03. The first-order valence-corrected chi connectivity index (χ1v) is 11.8. The Morgan fingerprint density at radius 1 is 1.21 bits per heavy atom. The average Bonchev–Trinajstić information content (AvgIpc) is 3.40. The summed E-state index contributed by atoms with van der Waals surface area (Å²) in [5, 5.41) is 26.8. The van der Waals surface area contributed by atoms with Gasteiger partial charge < -0.3 is 19.9 Å². The minimum Gasteiger partial charge on any atom is -0.465 e. The Kier molecular flexibility index (Phi) is 7.54. The number of thiazole rings is 1. The smallest absolute Gasteiger partial charge is 0.413 e. The number of hydrogen-bond acceptors (Lipinski definition) is 10. The van der Waals surface area contributed by atoms with Crippen molar-refractivity contribution < 1.29 is 19.4 Å². The average molecular weight is 490 g/mol. The lowest BCUT2D eigenvalue weighted by Crippen LogP contribution is -2.30. The monoisotopic (exact) mass is 489 g/mol. The normalized spacial score (nSPS) is 11.3. The van der Waals surface area contributed by atoms with Crippen LogP contribution in [0, 0.1) is 0 Å². The van der Waals surface area contributed by atoms with Gasteiger partial charge in [0.05, 0.1) is 16.8 Å². The summed E-state index contributed by atoms with van der Waals surface area (Å²) in [6.45, 7) is 2.02. The molecule has 4 aromatic rings. The number of nitrogens with zero attached hydrogens (tertiary/aromatic N) is 6. The fourth-order valence-corrected chi connectivity index (χ4v) is 4.95. The number of carboxylic acid groups (broad SMARTS) is 1. The van der Waals surface area contributed by atoms with Crippen LogP contribution in [0.25, 0.3) is 15.9 Å². The molecule has 0 aliphatic carbocycles. The molecule has 0 bridgehead atoms. The van der Waals surface area contributed by atoms with Gasteiger partial charge >= 0.3 is 6.09 Å². The van der Waals surface area contributed by atoms with Crippen molar-refractivity contribution in [2.75, 3.05) is 50.7 Å². The third-order valence-corrected chi connectivity index (χ3v) is 6.56. The highest BCUT2D eigenvalue weighted by Gasteiger charge is 2.19. The molecule has 2 N–H and O–H groups in total. The molecule has 0 saturated heterocycles. The molecule has 0 saturated carbocycles. The second kappa shape index (κ2) is 10.7. The van der Waals surface area contributed by atoms with E-state index in [0.29, 0.717) is 54.5 Å². The molecule has 0 aliphatic rings. The van der Waals surface area contributed by atoms with Crippen LogP contribution < -0.4 is 10.2 Å². The highest BCUT2D eigenvalue weighted by atomic mass is 32.2. The van der Waals surface area contributed by atoms with E-state index in [1.165, 1.54) is 28.0 Å². The molecule has 0 spiro atoms. The van der Waals surface area contributed by atoms with E-state index >= 15 is 0 Å². The Hall–Kier alpha value is -3.00. The number of nitrogens with one attached hydrogen (secondary N) is 1. The van der Waals surface area contributed by atoms with Crippen molar-refractivity contribution in [3.8, 4) is 0 Å². The highest BCUT2D eigenvalue weighted by molar-refractivity contribution is 7.99. The molecule has 1 aromatic carbocycles. The highest BCUT2D eigenvalue weighted by Crippen LogP contribution is 2.34. The predicted octanol–water partition coefficient (Wildman–Crippen LogP) is 3.46. The van der Waals surface area contributed by atoms with Crippen LogP contribution in [-0.2, 0) is 9.47 Å². The van der Waals surface area contributed by atoms with Crippen molar-refractivity contribution in [2.24, 2.45) is 0 Å². The summed E-state index contributed by atoms with van der Waals surface area (Å²) in [6.07, 6.45) is -0.439. The van der Waals surface area contributed by atoms with E-state index in [-0.39, 0.29) is 0 Å². The van der Waals surface area contributed by atoms with Gasteiger partial charge in [-0.2, -0.15) is 4.52 Å². The van der Waals surface area contributed by atoms with Gasteiger partial charge in [0.25, 0.3) is 0 Å². The maximum atomic E-state index is 11.7. The second-order valence-electron chi connectivity index (χ2n) is 6.90. The number of rotatable bonds is 11. The number of methoxy groups -OCH3 is 2. The SMILES string of the molecule is COCCCN(C(=O)O)c1nc2ccc(Sc3nnc4ccc(NCCOC)nn34)cc2s1. The molecule has 13 heteroatoms. The minimum absolute atomic E-state index is 0.322. The number of aromatic nitrogens is 5. The van der Waals surface area contributed by atoms with E-state index in [4.69, 9.17) is 9.47 Å². The molecule has 0 fully saturated rings. The fraction of sp³-hybridized carbons (Fsp3) is 0.350. The summed E-state index contributed by atoms with van der Waals surface area (Å²) in [6, 6.07) is 9.47. The van der Waals surface area contributed by atoms with E-state index in [9.17, 15) is 9.90 Å². The molecule has 3 heterocycles. The fourth-order valence-electron chi connectivity index (χ4n) is 3.03. The molecular weight excluding hydrogens is 466 g/mol. The molecule has 3 aromatic heterocycles. The van der Waals surface area contributed by atoms with E-state index in [1.807, 2.05) is 30.3 Å². The Labute approximate surface area is 197 Å². The third-order valence-electron chi connectivity index (χ3n) is 4.60. The van der Waals surface area contributed by atoms with Gasteiger partial charge in [-0.1, -0.05) is 11.3 Å².